The maximum atomic E-state index is 4.41. The minimum atomic E-state index is 0.511. The molecule has 1 aliphatic rings. The van der Waals surface area contributed by atoms with Gasteiger partial charge in [0.2, 0.25) is 17.8 Å². The van der Waals surface area contributed by atoms with Gasteiger partial charge in [-0.05, 0) is 19.3 Å². The lowest BCUT2D eigenvalue weighted by atomic mass is 10.5. The van der Waals surface area contributed by atoms with Crippen LogP contribution in [0.5, 0.6) is 0 Å². The Morgan fingerprint density at radius 2 is 2.11 bits per heavy atom. The van der Waals surface area contributed by atoms with E-state index in [9.17, 15) is 0 Å². The van der Waals surface area contributed by atoms with E-state index >= 15 is 0 Å². The molecule has 0 saturated heterocycles. The second kappa shape index (κ2) is 5.21. The number of nitrogens with zero attached hydrogens (tertiary/aromatic N) is 5. The molecule has 2 aromatic rings. The highest BCUT2D eigenvalue weighted by Crippen LogP contribution is 2.23. The number of anilines is 2. The van der Waals surface area contributed by atoms with Gasteiger partial charge in [0.1, 0.15) is 6.33 Å². The number of hydrogen-bond acceptors (Lipinski definition) is 6. The minimum absolute atomic E-state index is 0.511. The van der Waals surface area contributed by atoms with Gasteiger partial charge in [-0.2, -0.15) is 15.0 Å². The number of nitrogens with one attached hydrogen (secondary N) is 2. The monoisotopic (exact) mass is 259 g/mol. The molecule has 1 saturated carbocycles. The van der Waals surface area contributed by atoms with Crippen LogP contribution < -0.4 is 10.6 Å². The molecular weight excluding hydrogens is 242 g/mol. The predicted octanol–water partition coefficient (Wildman–Crippen LogP) is 1.45. The first-order valence-corrected chi connectivity index (χ1v) is 6.60. The lowest BCUT2D eigenvalue weighted by Crippen LogP contribution is -2.13. The van der Waals surface area contributed by atoms with Gasteiger partial charge in [0.05, 0.1) is 0 Å². The van der Waals surface area contributed by atoms with Crippen LogP contribution >= 0.6 is 0 Å². The molecule has 1 fully saturated rings. The summed E-state index contributed by atoms with van der Waals surface area (Å²) >= 11 is 0. The smallest absolute Gasteiger partial charge is 0.241 e. The van der Waals surface area contributed by atoms with E-state index in [4.69, 9.17) is 0 Å². The molecule has 100 valence electrons. The van der Waals surface area contributed by atoms with Crippen molar-refractivity contribution in [2.24, 2.45) is 0 Å². The van der Waals surface area contributed by atoms with Gasteiger partial charge >= 0.3 is 0 Å². The lowest BCUT2D eigenvalue weighted by Gasteiger charge is -2.09. The molecule has 0 atom stereocenters. The molecule has 0 unspecified atom stereocenters. The predicted molar refractivity (Wildman–Crippen MR) is 72.4 cm³/mol. The third-order valence-corrected chi connectivity index (χ3v) is 2.80. The average molecular weight is 259 g/mol. The highest BCUT2D eigenvalue weighted by Gasteiger charge is 2.22. The zero-order valence-corrected chi connectivity index (χ0v) is 10.9. The maximum absolute atomic E-state index is 4.41. The Morgan fingerprint density at radius 1 is 1.26 bits per heavy atom. The molecule has 0 amide bonds. The van der Waals surface area contributed by atoms with Gasteiger partial charge in [-0.15, -0.1) is 0 Å². The van der Waals surface area contributed by atoms with Crippen LogP contribution in [0.25, 0.3) is 5.95 Å². The molecular formula is C12H17N7. The van der Waals surface area contributed by atoms with Crippen LogP contribution in [0.3, 0.4) is 0 Å². The third kappa shape index (κ3) is 2.98. The zero-order valence-electron chi connectivity index (χ0n) is 10.9. The first-order chi connectivity index (χ1) is 9.35. The molecule has 2 aromatic heterocycles. The molecule has 7 heteroatoms. The van der Waals surface area contributed by atoms with Gasteiger partial charge < -0.3 is 10.6 Å². The van der Waals surface area contributed by atoms with E-state index < -0.39 is 0 Å². The van der Waals surface area contributed by atoms with Crippen LogP contribution in [0.1, 0.15) is 26.2 Å². The molecule has 2 heterocycles. The molecule has 0 bridgehead atoms. The van der Waals surface area contributed by atoms with Crippen molar-refractivity contribution < 1.29 is 0 Å². The Morgan fingerprint density at radius 3 is 2.79 bits per heavy atom. The molecule has 19 heavy (non-hydrogen) atoms. The molecule has 3 rings (SSSR count). The van der Waals surface area contributed by atoms with Crippen molar-refractivity contribution in [2.75, 3.05) is 17.2 Å². The largest absolute Gasteiger partial charge is 0.354 e. The first kappa shape index (κ1) is 11.9. The molecule has 0 spiro atoms. The van der Waals surface area contributed by atoms with Crippen LogP contribution in [0.2, 0.25) is 0 Å². The van der Waals surface area contributed by atoms with Crippen molar-refractivity contribution in [2.45, 2.75) is 32.2 Å². The van der Waals surface area contributed by atoms with Crippen molar-refractivity contribution in [3.8, 4) is 5.95 Å². The highest BCUT2D eigenvalue weighted by molar-refractivity contribution is 5.39. The summed E-state index contributed by atoms with van der Waals surface area (Å²) in [6.45, 7) is 2.95. The van der Waals surface area contributed by atoms with Gasteiger partial charge in [0.15, 0.2) is 0 Å². The Kier molecular flexibility index (Phi) is 3.26. The molecule has 1 aliphatic carbocycles. The van der Waals surface area contributed by atoms with Gasteiger partial charge in [-0.25, -0.2) is 4.98 Å². The van der Waals surface area contributed by atoms with E-state index in [1.165, 1.54) is 12.8 Å². The average Bonchev–Trinajstić information content (AvgIpc) is 3.07. The third-order valence-electron chi connectivity index (χ3n) is 2.80. The maximum Gasteiger partial charge on any atom is 0.241 e. The molecule has 0 radical (unpaired) electrons. The summed E-state index contributed by atoms with van der Waals surface area (Å²) in [5, 5.41) is 6.49. The summed E-state index contributed by atoms with van der Waals surface area (Å²) in [4.78, 5) is 17.2. The van der Waals surface area contributed by atoms with Crippen LogP contribution in [0.15, 0.2) is 18.7 Å². The standard InChI is InChI=1S/C12H17N7/c1-2-5-14-10-16-11(15-9-3-4-9)18-12(17-10)19-7-6-13-8-19/h6-9H,2-5H2,1H3,(H2,14,15,16,17,18). The van der Waals surface area contributed by atoms with Crippen molar-refractivity contribution in [3.05, 3.63) is 18.7 Å². The summed E-state index contributed by atoms with van der Waals surface area (Å²) in [7, 11) is 0. The number of hydrogen-bond donors (Lipinski definition) is 2. The Labute approximate surface area is 111 Å². The minimum Gasteiger partial charge on any atom is -0.354 e. The van der Waals surface area contributed by atoms with Crippen LogP contribution in [-0.2, 0) is 0 Å². The van der Waals surface area contributed by atoms with Gasteiger partial charge in [-0.3, -0.25) is 4.57 Å². The van der Waals surface area contributed by atoms with Crippen molar-refractivity contribution >= 4 is 11.9 Å². The fourth-order valence-corrected chi connectivity index (χ4v) is 1.65. The summed E-state index contributed by atoms with van der Waals surface area (Å²) in [6.07, 6.45) is 8.60. The Balaban J connectivity index is 1.88. The normalized spacial score (nSPS) is 14.4. The summed E-state index contributed by atoms with van der Waals surface area (Å²) in [5.74, 6) is 1.80. The molecule has 0 aromatic carbocycles. The lowest BCUT2D eigenvalue weighted by molar-refractivity contribution is 0.874. The van der Waals surface area contributed by atoms with Crippen molar-refractivity contribution in [3.63, 3.8) is 0 Å². The molecule has 2 N–H and O–H groups in total. The van der Waals surface area contributed by atoms with Crippen molar-refractivity contribution in [1.82, 2.24) is 24.5 Å². The summed E-state index contributed by atoms with van der Waals surface area (Å²) in [5.41, 5.74) is 0. The first-order valence-electron chi connectivity index (χ1n) is 6.60. The summed E-state index contributed by atoms with van der Waals surface area (Å²) < 4.78 is 1.77. The fourth-order valence-electron chi connectivity index (χ4n) is 1.65. The van der Waals surface area contributed by atoms with E-state index in [2.05, 4.69) is 37.5 Å². The Bertz CT molecular complexity index is 533. The van der Waals surface area contributed by atoms with Gasteiger partial charge in [0.25, 0.3) is 0 Å². The molecule has 7 nitrogen and oxygen atoms in total. The quantitative estimate of drug-likeness (QED) is 0.817. The fraction of sp³-hybridized carbons (Fsp3) is 0.500. The van der Waals surface area contributed by atoms with E-state index in [0.717, 1.165) is 13.0 Å². The van der Waals surface area contributed by atoms with Crippen LogP contribution in [-0.4, -0.2) is 37.1 Å². The second-order valence-corrected chi connectivity index (χ2v) is 4.60. The van der Waals surface area contributed by atoms with E-state index in [-0.39, 0.29) is 0 Å². The van der Waals surface area contributed by atoms with Crippen molar-refractivity contribution in [1.29, 1.82) is 0 Å². The topological polar surface area (TPSA) is 80.5 Å². The number of aromatic nitrogens is 5. The van der Waals surface area contributed by atoms with E-state index in [0.29, 0.717) is 23.9 Å². The summed E-state index contributed by atoms with van der Waals surface area (Å²) in [6, 6.07) is 0.511. The van der Waals surface area contributed by atoms with Crippen LogP contribution in [0, 0.1) is 0 Å². The van der Waals surface area contributed by atoms with E-state index in [1.54, 1.807) is 17.1 Å². The van der Waals surface area contributed by atoms with Crippen LogP contribution in [0.4, 0.5) is 11.9 Å². The second-order valence-electron chi connectivity index (χ2n) is 4.60. The van der Waals surface area contributed by atoms with Gasteiger partial charge in [0, 0.05) is 25.0 Å². The highest BCUT2D eigenvalue weighted by atomic mass is 15.3. The number of rotatable bonds is 6. The SMILES string of the molecule is CCCNc1nc(NC2CC2)nc(-n2ccnc2)n1. The zero-order chi connectivity index (χ0) is 13.1. The Hall–Kier alpha value is -2.18. The molecule has 0 aliphatic heterocycles. The number of imidazole rings is 1. The van der Waals surface area contributed by atoms with E-state index in [1.807, 2.05) is 6.20 Å². The van der Waals surface area contributed by atoms with Gasteiger partial charge in [-0.1, -0.05) is 6.92 Å².